The van der Waals surface area contributed by atoms with E-state index in [1.807, 2.05) is 0 Å². The van der Waals surface area contributed by atoms with E-state index in [2.05, 4.69) is 20.8 Å². The molecule has 0 atom stereocenters. The number of anilines is 1. The minimum absolute atomic E-state index is 0.130. The van der Waals surface area contributed by atoms with Crippen LogP contribution in [-0.2, 0) is 6.54 Å². The summed E-state index contributed by atoms with van der Waals surface area (Å²) in [6, 6.07) is 7.98. The molecule has 0 bridgehead atoms. The highest BCUT2D eigenvalue weighted by molar-refractivity contribution is 6.05. The van der Waals surface area contributed by atoms with Crippen molar-refractivity contribution in [3.05, 3.63) is 65.6 Å². The van der Waals surface area contributed by atoms with Gasteiger partial charge in [0.05, 0.1) is 12.8 Å². The maximum absolute atomic E-state index is 12.2. The number of carbonyl (C=O) groups is 2. The Morgan fingerprint density at radius 2 is 2.08 bits per heavy atom. The number of rotatable bonds is 5. The van der Waals surface area contributed by atoms with Crippen LogP contribution in [0.2, 0.25) is 0 Å². The third-order valence-corrected chi connectivity index (χ3v) is 3.13. The Labute approximate surface area is 136 Å². The molecule has 0 aromatic carbocycles. The van der Waals surface area contributed by atoms with E-state index in [1.165, 1.54) is 24.6 Å². The van der Waals surface area contributed by atoms with Crippen molar-refractivity contribution in [1.82, 2.24) is 15.5 Å². The van der Waals surface area contributed by atoms with Crippen molar-refractivity contribution >= 4 is 17.6 Å². The number of pyridine rings is 1. The molecule has 3 heterocycles. The summed E-state index contributed by atoms with van der Waals surface area (Å²) in [6.07, 6.45) is 2.92. The van der Waals surface area contributed by atoms with Gasteiger partial charge < -0.3 is 19.6 Å². The second kappa shape index (κ2) is 6.78. The minimum atomic E-state index is -0.411. The Kier molecular flexibility index (Phi) is 4.37. The zero-order chi connectivity index (χ0) is 16.9. The van der Waals surface area contributed by atoms with Crippen LogP contribution in [0.5, 0.6) is 0 Å². The number of hydrogen-bond acceptors (Lipinski definition) is 6. The topological polar surface area (TPSA) is 110 Å². The molecule has 3 aromatic rings. The number of nitrogens with zero attached hydrogens (tertiary/aromatic N) is 2. The molecule has 0 aliphatic carbocycles. The Bertz CT molecular complexity index is 855. The van der Waals surface area contributed by atoms with Crippen LogP contribution in [0.15, 0.2) is 51.7 Å². The highest BCUT2D eigenvalue weighted by atomic mass is 16.5. The second-order valence-corrected chi connectivity index (χ2v) is 4.97. The lowest BCUT2D eigenvalue weighted by molar-refractivity contribution is 0.0943. The van der Waals surface area contributed by atoms with E-state index >= 15 is 0 Å². The maximum atomic E-state index is 12.2. The van der Waals surface area contributed by atoms with Gasteiger partial charge in [0.15, 0.2) is 5.82 Å². The van der Waals surface area contributed by atoms with Crippen molar-refractivity contribution in [2.24, 2.45) is 0 Å². The number of aryl methyl sites for hydroxylation is 1. The summed E-state index contributed by atoms with van der Waals surface area (Å²) < 4.78 is 10.0. The molecule has 8 nitrogen and oxygen atoms in total. The highest BCUT2D eigenvalue weighted by Gasteiger charge is 2.13. The molecule has 0 spiro atoms. The van der Waals surface area contributed by atoms with Crippen LogP contribution in [0.4, 0.5) is 5.82 Å². The maximum Gasteiger partial charge on any atom is 0.270 e. The van der Waals surface area contributed by atoms with Crippen LogP contribution >= 0.6 is 0 Å². The monoisotopic (exact) mass is 326 g/mol. The molecule has 0 aliphatic rings. The first kappa shape index (κ1) is 15.5. The van der Waals surface area contributed by atoms with Gasteiger partial charge in [-0.2, -0.15) is 0 Å². The summed E-state index contributed by atoms with van der Waals surface area (Å²) in [6.45, 7) is 1.96. The van der Waals surface area contributed by atoms with Gasteiger partial charge in [-0.1, -0.05) is 5.16 Å². The van der Waals surface area contributed by atoms with Crippen molar-refractivity contribution in [3.8, 4) is 0 Å². The Morgan fingerprint density at radius 1 is 1.21 bits per heavy atom. The van der Waals surface area contributed by atoms with Gasteiger partial charge in [-0.15, -0.1) is 0 Å². The zero-order valence-corrected chi connectivity index (χ0v) is 12.8. The largest absolute Gasteiger partial charge is 0.467 e. The Balaban J connectivity index is 1.66. The van der Waals surface area contributed by atoms with Crippen molar-refractivity contribution < 1.29 is 18.5 Å². The highest BCUT2D eigenvalue weighted by Crippen LogP contribution is 2.10. The number of aromatic nitrogens is 2. The fourth-order valence-corrected chi connectivity index (χ4v) is 1.98. The first-order valence-corrected chi connectivity index (χ1v) is 7.13. The molecule has 3 aromatic heterocycles. The molecule has 0 aliphatic heterocycles. The second-order valence-electron chi connectivity index (χ2n) is 4.97. The zero-order valence-electron chi connectivity index (χ0n) is 12.8. The lowest BCUT2D eigenvalue weighted by Crippen LogP contribution is -2.24. The van der Waals surface area contributed by atoms with Crippen LogP contribution in [0, 0.1) is 6.92 Å². The van der Waals surface area contributed by atoms with E-state index < -0.39 is 11.8 Å². The Hall–Kier alpha value is -3.42. The van der Waals surface area contributed by atoms with Crippen molar-refractivity contribution in [3.63, 3.8) is 0 Å². The fourth-order valence-electron chi connectivity index (χ4n) is 1.98. The number of nitrogens with one attached hydrogen (secondary N) is 2. The third kappa shape index (κ3) is 3.67. The lowest BCUT2D eigenvalue weighted by Gasteiger charge is -2.05. The van der Waals surface area contributed by atoms with Crippen LogP contribution in [0.3, 0.4) is 0 Å². The van der Waals surface area contributed by atoms with Gasteiger partial charge in [0.25, 0.3) is 11.8 Å². The number of furan rings is 1. The number of carbonyl (C=O) groups excluding carboxylic acids is 2. The van der Waals surface area contributed by atoms with Gasteiger partial charge in [0.2, 0.25) is 0 Å². The predicted molar refractivity (Wildman–Crippen MR) is 83.3 cm³/mol. The Morgan fingerprint density at radius 3 is 2.79 bits per heavy atom. The van der Waals surface area contributed by atoms with Crippen LogP contribution in [0.1, 0.15) is 32.4 Å². The van der Waals surface area contributed by atoms with E-state index in [0.717, 1.165) is 0 Å². The van der Waals surface area contributed by atoms with Gasteiger partial charge in [0.1, 0.15) is 17.2 Å². The summed E-state index contributed by atoms with van der Waals surface area (Å²) in [7, 11) is 0. The number of amides is 2. The van der Waals surface area contributed by atoms with Gasteiger partial charge in [0, 0.05) is 17.8 Å². The molecular formula is C16H14N4O4. The fraction of sp³-hybridized carbons (Fsp3) is 0.125. The van der Waals surface area contributed by atoms with Crippen LogP contribution < -0.4 is 10.6 Å². The van der Waals surface area contributed by atoms with Crippen molar-refractivity contribution in [2.45, 2.75) is 13.5 Å². The molecule has 122 valence electrons. The molecule has 0 saturated carbocycles. The van der Waals surface area contributed by atoms with Gasteiger partial charge >= 0.3 is 0 Å². The average molecular weight is 326 g/mol. The normalized spacial score (nSPS) is 10.4. The van der Waals surface area contributed by atoms with Crippen molar-refractivity contribution in [2.75, 3.05) is 5.32 Å². The molecule has 2 N–H and O–H groups in total. The predicted octanol–water partition coefficient (Wildman–Crippen LogP) is 2.15. The standard InChI is InChI=1S/C16H14N4O4/c1-10-7-14(20-24-10)19-15(21)11-4-5-17-13(8-11)16(22)18-9-12-3-2-6-23-12/h2-8H,9H2,1H3,(H,18,22)(H,19,20,21). The van der Waals surface area contributed by atoms with Crippen LogP contribution in [0.25, 0.3) is 0 Å². The summed E-state index contributed by atoms with van der Waals surface area (Å²) >= 11 is 0. The van der Waals surface area contributed by atoms with E-state index in [1.54, 1.807) is 25.1 Å². The summed E-state index contributed by atoms with van der Waals surface area (Å²) in [4.78, 5) is 28.3. The van der Waals surface area contributed by atoms with E-state index in [9.17, 15) is 9.59 Å². The molecular weight excluding hydrogens is 312 g/mol. The molecule has 0 radical (unpaired) electrons. The molecule has 0 saturated heterocycles. The van der Waals surface area contributed by atoms with Gasteiger partial charge in [-0.05, 0) is 31.2 Å². The first-order valence-electron chi connectivity index (χ1n) is 7.13. The molecule has 2 amide bonds. The smallest absolute Gasteiger partial charge is 0.270 e. The van der Waals surface area contributed by atoms with E-state index in [-0.39, 0.29) is 17.8 Å². The molecule has 8 heteroatoms. The SMILES string of the molecule is Cc1cc(NC(=O)c2ccnc(C(=O)NCc3ccco3)c2)no1. The van der Waals surface area contributed by atoms with E-state index in [0.29, 0.717) is 17.3 Å². The van der Waals surface area contributed by atoms with Gasteiger partial charge in [-0.3, -0.25) is 14.6 Å². The molecule has 0 fully saturated rings. The molecule has 0 unspecified atom stereocenters. The number of hydrogen-bond donors (Lipinski definition) is 2. The minimum Gasteiger partial charge on any atom is -0.467 e. The first-order chi connectivity index (χ1) is 11.6. The van der Waals surface area contributed by atoms with Crippen LogP contribution in [-0.4, -0.2) is 22.0 Å². The van der Waals surface area contributed by atoms with Crippen molar-refractivity contribution in [1.29, 1.82) is 0 Å². The summed E-state index contributed by atoms with van der Waals surface area (Å²) in [5.74, 6) is 0.693. The average Bonchev–Trinajstić information content (AvgIpc) is 3.24. The lowest BCUT2D eigenvalue weighted by atomic mass is 10.2. The molecule has 24 heavy (non-hydrogen) atoms. The summed E-state index contributed by atoms with van der Waals surface area (Å²) in [5.41, 5.74) is 0.416. The molecule has 3 rings (SSSR count). The summed E-state index contributed by atoms with van der Waals surface area (Å²) in [5, 5.41) is 8.93. The van der Waals surface area contributed by atoms with E-state index in [4.69, 9.17) is 8.94 Å². The van der Waals surface area contributed by atoms with Gasteiger partial charge in [-0.25, -0.2) is 0 Å². The third-order valence-electron chi connectivity index (χ3n) is 3.13. The quantitative estimate of drug-likeness (QED) is 0.743.